The highest BCUT2D eigenvalue weighted by Crippen LogP contribution is 2.47. The van der Waals surface area contributed by atoms with E-state index in [-0.39, 0.29) is 11.8 Å². The first kappa shape index (κ1) is 13.8. The maximum atomic E-state index is 12.0. The number of rotatable bonds is 5. The van der Waals surface area contributed by atoms with Crippen molar-refractivity contribution >= 4 is 5.91 Å². The van der Waals surface area contributed by atoms with Crippen molar-refractivity contribution in [2.45, 2.75) is 45.1 Å². The quantitative estimate of drug-likeness (QED) is 0.756. The molecule has 1 heterocycles. The molecule has 0 aromatic heterocycles. The molecule has 1 saturated carbocycles. The van der Waals surface area contributed by atoms with Crippen LogP contribution in [0.25, 0.3) is 0 Å². The molecule has 0 unspecified atom stereocenters. The van der Waals surface area contributed by atoms with Crippen molar-refractivity contribution in [1.29, 1.82) is 0 Å². The Bertz CT molecular complexity index is 303. The van der Waals surface area contributed by atoms with E-state index in [1.165, 1.54) is 0 Å². The molecule has 2 rings (SSSR count). The molecule has 18 heavy (non-hydrogen) atoms. The van der Waals surface area contributed by atoms with Crippen LogP contribution in [-0.4, -0.2) is 47.8 Å². The monoisotopic (exact) mass is 255 g/mol. The van der Waals surface area contributed by atoms with Crippen molar-refractivity contribution in [1.82, 2.24) is 4.90 Å². The molecule has 0 spiro atoms. The molecule has 1 saturated heterocycles. The van der Waals surface area contributed by atoms with E-state index in [0.29, 0.717) is 38.6 Å². The smallest absolute Gasteiger partial charge is 0.224 e. The van der Waals surface area contributed by atoms with Gasteiger partial charge in [0.15, 0.2) is 0 Å². The Morgan fingerprint density at radius 1 is 1.50 bits per heavy atom. The minimum Gasteiger partial charge on any atom is -0.389 e. The Morgan fingerprint density at radius 3 is 2.78 bits per heavy atom. The van der Waals surface area contributed by atoms with E-state index in [1.807, 2.05) is 11.8 Å². The lowest BCUT2D eigenvalue weighted by molar-refractivity contribution is -0.142. The molecular formula is C14H25NO3. The number of ether oxygens (including phenoxy) is 1. The van der Waals surface area contributed by atoms with Crippen LogP contribution >= 0.6 is 0 Å². The summed E-state index contributed by atoms with van der Waals surface area (Å²) >= 11 is 0. The number of hydrogen-bond donors (Lipinski definition) is 1. The van der Waals surface area contributed by atoms with E-state index >= 15 is 0 Å². The van der Waals surface area contributed by atoms with Gasteiger partial charge in [-0.15, -0.1) is 0 Å². The fourth-order valence-electron chi connectivity index (χ4n) is 3.02. The number of hydrogen-bond acceptors (Lipinski definition) is 3. The van der Waals surface area contributed by atoms with Gasteiger partial charge in [-0.25, -0.2) is 0 Å². The number of nitrogens with zero attached hydrogens (tertiary/aromatic N) is 1. The summed E-state index contributed by atoms with van der Waals surface area (Å²) in [5.41, 5.74) is -0.517. The predicted molar refractivity (Wildman–Crippen MR) is 69.1 cm³/mol. The zero-order valence-electron chi connectivity index (χ0n) is 11.5. The van der Waals surface area contributed by atoms with Crippen LogP contribution < -0.4 is 0 Å². The molecule has 1 amide bonds. The third-order valence-corrected chi connectivity index (χ3v) is 4.43. The van der Waals surface area contributed by atoms with Gasteiger partial charge in [0.2, 0.25) is 5.91 Å². The molecule has 2 aliphatic rings. The lowest BCUT2D eigenvalue weighted by Crippen LogP contribution is -2.53. The first-order chi connectivity index (χ1) is 8.58. The predicted octanol–water partition coefficient (Wildman–Crippen LogP) is 1.42. The van der Waals surface area contributed by atoms with Crippen LogP contribution in [0.5, 0.6) is 0 Å². The van der Waals surface area contributed by atoms with Crippen molar-refractivity contribution in [3.63, 3.8) is 0 Å². The maximum Gasteiger partial charge on any atom is 0.224 e. The molecule has 4 nitrogen and oxygen atoms in total. The molecule has 2 fully saturated rings. The summed E-state index contributed by atoms with van der Waals surface area (Å²) in [5, 5.41) is 10.6. The average molecular weight is 255 g/mol. The van der Waals surface area contributed by atoms with Gasteiger partial charge < -0.3 is 14.7 Å². The molecule has 1 aliphatic heterocycles. The molecule has 2 atom stereocenters. The van der Waals surface area contributed by atoms with Gasteiger partial charge >= 0.3 is 0 Å². The highest BCUT2D eigenvalue weighted by atomic mass is 16.5. The van der Waals surface area contributed by atoms with E-state index < -0.39 is 5.60 Å². The van der Waals surface area contributed by atoms with Crippen molar-refractivity contribution in [2.24, 2.45) is 11.8 Å². The number of likely N-dealkylation sites (tertiary alicyclic amines) is 1. The first-order valence-electron chi connectivity index (χ1n) is 7.15. The van der Waals surface area contributed by atoms with Gasteiger partial charge in [0.25, 0.3) is 0 Å². The Balaban J connectivity index is 1.82. The standard InChI is InChI=1S/C14H25NO3/c1-3-18-9-6-13(16)15-8-7-14(17,11(2)10-15)12-4-5-12/h11-12,17H,3-10H2,1-2H3/t11-,14+/m1/s1. The Kier molecular flexibility index (Phi) is 4.28. The van der Waals surface area contributed by atoms with Crippen LogP contribution in [-0.2, 0) is 9.53 Å². The minimum atomic E-state index is -0.517. The molecule has 1 aliphatic carbocycles. The van der Waals surface area contributed by atoms with Crippen molar-refractivity contribution in [3.05, 3.63) is 0 Å². The highest BCUT2D eigenvalue weighted by Gasteiger charge is 2.49. The fraction of sp³-hybridized carbons (Fsp3) is 0.929. The van der Waals surface area contributed by atoms with Gasteiger partial charge in [-0.05, 0) is 32.1 Å². The summed E-state index contributed by atoms with van der Waals surface area (Å²) in [5.74, 6) is 0.830. The zero-order valence-corrected chi connectivity index (χ0v) is 11.5. The van der Waals surface area contributed by atoms with Crippen LogP contribution in [0.1, 0.15) is 39.5 Å². The van der Waals surface area contributed by atoms with Gasteiger partial charge in [-0.2, -0.15) is 0 Å². The molecule has 0 aromatic rings. The third kappa shape index (κ3) is 2.86. The molecule has 4 heteroatoms. The van der Waals surface area contributed by atoms with Gasteiger partial charge in [-0.1, -0.05) is 6.92 Å². The van der Waals surface area contributed by atoms with Crippen molar-refractivity contribution < 1.29 is 14.6 Å². The average Bonchev–Trinajstić information content (AvgIpc) is 3.17. The molecule has 104 valence electrons. The molecule has 0 aromatic carbocycles. The van der Waals surface area contributed by atoms with Crippen LogP contribution in [0.2, 0.25) is 0 Å². The molecule has 0 radical (unpaired) electrons. The van der Waals surface area contributed by atoms with Crippen LogP contribution in [0.15, 0.2) is 0 Å². The van der Waals surface area contributed by atoms with Crippen LogP contribution in [0.4, 0.5) is 0 Å². The van der Waals surface area contributed by atoms with Gasteiger partial charge in [0, 0.05) is 25.6 Å². The minimum absolute atomic E-state index is 0.160. The zero-order chi connectivity index (χ0) is 13.2. The lowest BCUT2D eigenvalue weighted by atomic mass is 9.78. The summed E-state index contributed by atoms with van der Waals surface area (Å²) in [6.07, 6.45) is 3.50. The van der Waals surface area contributed by atoms with Crippen molar-refractivity contribution in [2.75, 3.05) is 26.3 Å². The number of piperidine rings is 1. The number of amides is 1. The molecular weight excluding hydrogens is 230 g/mol. The maximum absolute atomic E-state index is 12.0. The van der Waals surface area contributed by atoms with Crippen LogP contribution in [0.3, 0.4) is 0 Å². The third-order valence-electron chi connectivity index (χ3n) is 4.43. The first-order valence-corrected chi connectivity index (χ1v) is 7.15. The van der Waals surface area contributed by atoms with Gasteiger partial charge in [0.05, 0.1) is 18.6 Å². The number of aliphatic hydroxyl groups is 1. The molecule has 1 N–H and O–H groups in total. The van der Waals surface area contributed by atoms with E-state index in [0.717, 1.165) is 19.3 Å². The molecule has 0 bridgehead atoms. The Hall–Kier alpha value is -0.610. The van der Waals surface area contributed by atoms with Crippen molar-refractivity contribution in [3.8, 4) is 0 Å². The lowest BCUT2D eigenvalue weighted by Gasteiger charge is -2.43. The van der Waals surface area contributed by atoms with E-state index in [1.54, 1.807) is 0 Å². The normalized spacial score (nSPS) is 32.6. The van der Waals surface area contributed by atoms with E-state index in [9.17, 15) is 9.90 Å². The van der Waals surface area contributed by atoms with E-state index in [4.69, 9.17) is 4.74 Å². The summed E-state index contributed by atoms with van der Waals surface area (Å²) in [6.45, 7) is 6.56. The second kappa shape index (κ2) is 5.57. The van der Waals surface area contributed by atoms with Crippen LogP contribution in [0, 0.1) is 11.8 Å². The number of carbonyl (C=O) groups is 1. The SMILES string of the molecule is CCOCCC(=O)N1CC[C@@](O)(C2CC2)[C@H](C)C1. The fourth-order valence-corrected chi connectivity index (χ4v) is 3.02. The second-order valence-electron chi connectivity index (χ2n) is 5.70. The van der Waals surface area contributed by atoms with E-state index in [2.05, 4.69) is 6.92 Å². The van der Waals surface area contributed by atoms with Gasteiger partial charge in [0.1, 0.15) is 0 Å². The topological polar surface area (TPSA) is 49.8 Å². The summed E-state index contributed by atoms with van der Waals surface area (Å²) in [6, 6.07) is 0. The second-order valence-corrected chi connectivity index (χ2v) is 5.70. The summed E-state index contributed by atoms with van der Waals surface area (Å²) in [7, 11) is 0. The number of carbonyl (C=O) groups excluding carboxylic acids is 1. The Labute approximate surface area is 109 Å². The summed E-state index contributed by atoms with van der Waals surface area (Å²) < 4.78 is 5.21. The largest absolute Gasteiger partial charge is 0.389 e. The highest BCUT2D eigenvalue weighted by molar-refractivity contribution is 5.76. The Morgan fingerprint density at radius 2 is 2.22 bits per heavy atom. The van der Waals surface area contributed by atoms with Gasteiger partial charge in [-0.3, -0.25) is 4.79 Å². The summed E-state index contributed by atoms with van der Waals surface area (Å²) in [4.78, 5) is 13.9.